The molecule has 0 radical (unpaired) electrons. The molecule has 0 amide bonds. The Morgan fingerprint density at radius 3 is 2.71 bits per heavy atom. The molecular formula is C16H19ClN4. The molecule has 110 valence electrons. The molecular weight excluding hydrogens is 284 g/mol. The minimum atomic E-state index is 0.109. The molecule has 0 aliphatic rings. The van der Waals surface area contributed by atoms with Crippen LogP contribution in [-0.2, 0) is 6.54 Å². The van der Waals surface area contributed by atoms with Crippen LogP contribution in [0.4, 0.5) is 5.69 Å². The predicted octanol–water partition coefficient (Wildman–Crippen LogP) is 4.22. The molecule has 0 fully saturated rings. The molecule has 0 saturated heterocycles. The molecule has 0 saturated carbocycles. The van der Waals surface area contributed by atoms with Gasteiger partial charge in [0.2, 0.25) is 0 Å². The molecule has 2 aromatic rings. The third-order valence-corrected chi connectivity index (χ3v) is 3.97. The molecule has 21 heavy (non-hydrogen) atoms. The van der Waals surface area contributed by atoms with Crippen molar-refractivity contribution in [3.05, 3.63) is 45.7 Å². The van der Waals surface area contributed by atoms with Gasteiger partial charge in [0.1, 0.15) is 6.07 Å². The second kappa shape index (κ2) is 6.19. The minimum absolute atomic E-state index is 0.109. The first-order valence-electron chi connectivity index (χ1n) is 6.98. The van der Waals surface area contributed by atoms with E-state index in [9.17, 15) is 0 Å². The highest BCUT2D eigenvalue weighted by Crippen LogP contribution is 2.27. The van der Waals surface area contributed by atoms with Gasteiger partial charge in [-0.15, -0.1) is 0 Å². The Kier molecular flexibility index (Phi) is 4.54. The molecule has 1 aromatic carbocycles. The number of rotatable bonds is 4. The summed E-state index contributed by atoms with van der Waals surface area (Å²) in [6.07, 6.45) is 0. The highest BCUT2D eigenvalue weighted by atomic mass is 35.5. The molecule has 1 heterocycles. The normalized spacial score (nSPS) is 12.0. The number of nitrogens with zero attached hydrogens (tertiary/aromatic N) is 3. The first-order chi connectivity index (χ1) is 9.97. The van der Waals surface area contributed by atoms with Crippen LogP contribution in [0.25, 0.3) is 0 Å². The van der Waals surface area contributed by atoms with Crippen molar-refractivity contribution in [2.45, 2.75) is 40.3 Å². The molecule has 1 N–H and O–H groups in total. The van der Waals surface area contributed by atoms with Crippen LogP contribution in [0.3, 0.4) is 0 Å². The maximum Gasteiger partial charge on any atom is 0.101 e. The van der Waals surface area contributed by atoms with Crippen molar-refractivity contribution >= 4 is 17.3 Å². The van der Waals surface area contributed by atoms with E-state index >= 15 is 0 Å². The van der Waals surface area contributed by atoms with Gasteiger partial charge in [0.05, 0.1) is 22.3 Å². The lowest BCUT2D eigenvalue weighted by Gasteiger charge is -2.16. The van der Waals surface area contributed by atoms with Crippen molar-refractivity contribution in [2.75, 3.05) is 5.32 Å². The van der Waals surface area contributed by atoms with Gasteiger partial charge in [-0.05, 0) is 45.9 Å². The molecule has 2 rings (SSSR count). The molecule has 1 aromatic heterocycles. The van der Waals surface area contributed by atoms with Gasteiger partial charge in [-0.1, -0.05) is 11.6 Å². The number of anilines is 1. The van der Waals surface area contributed by atoms with Crippen molar-refractivity contribution in [2.24, 2.45) is 0 Å². The number of hydrogen-bond acceptors (Lipinski definition) is 3. The highest BCUT2D eigenvalue weighted by Gasteiger charge is 2.17. The van der Waals surface area contributed by atoms with Gasteiger partial charge in [-0.2, -0.15) is 10.4 Å². The lowest BCUT2D eigenvalue weighted by Crippen LogP contribution is -2.09. The zero-order valence-corrected chi connectivity index (χ0v) is 13.5. The molecule has 0 aliphatic carbocycles. The maximum atomic E-state index is 9.04. The first kappa shape index (κ1) is 15.4. The number of halogens is 1. The fourth-order valence-electron chi connectivity index (χ4n) is 2.67. The van der Waals surface area contributed by atoms with E-state index in [0.717, 1.165) is 17.9 Å². The average molecular weight is 303 g/mol. The van der Waals surface area contributed by atoms with E-state index in [-0.39, 0.29) is 6.04 Å². The largest absolute Gasteiger partial charge is 0.378 e. The Morgan fingerprint density at radius 1 is 1.43 bits per heavy atom. The zero-order valence-electron chi connectivity index (χ0n) is 12.7. The van der Waals surface area contributed by atoms with Gasteiger partial charge < -0.3 is 5.32 Å². The first-order valence-corrected chi connectivity index (χ1v) is 7.35. The van der Waals surface area contributed by atoms with Crippen molar-refractivity contribution < 1.29 is 0 Å². The lowest BCUT2D eigenvalue weighted by molar-refractivity contribution is 0.632. The number of hydrogen-bond donors (Lipinski definition) is 1. The molecule has 5 heteroatoms. The summed E-state index contributed by atoms with van der Waals surface area (Å²) in [5, 5.41) is 17.5. The van der Waals surface area contributed by atoms with Crippen LogP contribution in [0.1, 0.15) is 42.4 Å². The zero-order chi connectivity index (χ0) is 15.6. The molecule has 0 spiro atoms. The van der Waals surface area contributed by atoms with Gasteiger partial charge >= 0.3 is 0 Å². The number of nitriles is 1. The van der Waals surface area contributed by atoms with Crippen LogP contribution >= 0.6 is 11.6 Å². The molecule has 0 aliphatic heterocycles. The summed E-state index contributed by atoms with van der Waals surface area (Å²) in [6.45, 7) is 9.14. The summed E-state index contributed by atoms with van der Waals surface area (Å²) in [7, 11) is 0. The van der Waals surface area contributed by atoms with Crippen molar-refractivity contribution in [3.63, 3.8) is 0 Å². The number of aryl methyl sites for hydroxylation is 2. The van der Waals surface area contributed by atoms with Crippen molar-refractivity contribution in [1.29, 1.82) is 5.26 Å². The van der Waals surface area contributed by atoms with Crippen LogP contribution in [0.15, 0.2) is 18.2 Å². The second-order valence-electron chi connectivity index (χ2n) is 5.07. The van der Waals surface area contributed by atoms with Gasteiger partial charge in [0.15, 0.2) is 0 Å². The van der Waals surface area contributed by atoms with Crippen molar-refractivity contribution in [3.8, 4) is 6.07 Å². The quantitative estimate of drug-likeness (QED) is 0.920. The predicted molar refractivity (Wildman–Crippen MR) is 85.6 cm³/mol. The summed E-state index contributed by atoms with van der Waals surface area (Å²) in [4.78, 5) is 0. The highest BCUT2D eigenvalue weighted by molar-refractivity contribution is 6.31. The van der Waals surface area contributed by atoms with Gasteiger partial charge in [-0.3, -0.25) is 4.68 Å². The summed E-state index contributed by atoms with van der Waals surface area (Å²) < 4.78 is 2.01. The fraction of sp³-hybridized carbons (Fsp3) is 0.375. The van der Waals surface area contributed by atoms with E-state index in [1.54, 1.807) is 12.1 Å². The number of benzene rings is 1. The van der Waals surface area contributed by atoms with Crippen LogP contribution in [0.5, 0.6) is 0 Å². The van der Waals surface area contributed by atoms with E-state index in [1.165, 1.54) is 11.3 Å². The SMILES string of the molecule is CCn1nc(C)c(C(C)Nc2ccc(Cl)c(C#N)c2)c1C. The third-order valence-electron chi connectivity index (χ3n) is 3.64. The monoisotopic (exact) mass is 302 g/mol. The van der Waals surface area contributed by atoms with Gasteiger partial charge in [0, 0.05) is 23.5 Å². The molecule has 4 nitrogen and oxygen atoms in total. The van der Waals surface area contributed by atoms with Crippen LogP contribution in [-0.4, -0.2) is 9.78 Å². The number of aromatic nitrogens is 2. The molecule has 0 bridgehead atoms. The Balaban J connectivity index is 2.28. The van der Waals surface area contributed by atoms with Crippen LogP contribution < -0.4 is 5.32 Å². The third kappa shape index (κ3) is 3.03. The van der Waals surface area contributed by atoms with E-state index < -0.39 is 0 Å². The van der Waals surface area contributed by atoms with E-state index in [0.29, 0.717) is 10.6 Å². The second-order valence-corrected chi connectivity index (χ2v) is 5.48. The van der Waals surface area contributed by atoms with E-state index in [2.05, 4.69) is 37.3 Å². The van der Waals surface area contributed by atoms with Crippen molar-refractivity contribution in [1.82, 2.24) is 9.78 Å². The smallest absolute Gasteiger partial charge is 0.101 e. The van der Waals surface area contributed by atoms with Crippen LogP contribution in [0, 0.1) is 25.2 Å². The summed E-state index contributed by atoms with van der Waals surface area (Å²) in [5.41, 5.74) is 4.76. The average Bonchev–Trinajstić information content (AvgIpc) is 2.75. The summed E-state index contributed by atoms with van der Waals surface area (Å²) >= 11 is 5.96. The topological polar surface area (TPSA) is 53.6 Å². The van der Waals surface area contributed by atoms with Crippen LogP contribution in [0.2, 0.25) is 5.02 Å². The van der Waals surface area contributed by atoms with E-state index in [4.69, 9.17) is 16.9 Å². The summed E-state index contributed by atoms with van der Waals surface area (Å²) in [6, 6.07) is 7.60. The molecule has 1 unspecified atom stereocenters. The van der Waals surface area contributed by atoms with Gasteiger partial charge in [-0.25, -0.2) is 0 Å². The minimum Gasteiger partial charge on any atom is -0.378 e. The van der Waals surface area contributed by atoms with Gasteiger partial charge in [0.25, 0.3) is 0 Å². The summed E-state index contributed by atoms with van der Waals surface area (Å²) in [5.74, 6) is 0. The fourth-order valence-corrected chi connectivity index (χ4v) is 2.83. The molecule has 1 atom stereocenters. The lowest BCUT2D eigenvalue weighted by atomic mass is 10.1. The van der Waals surface area contributed by atoms with E-state index in [1.807, 2.05) is 17.7 Å². The Labute approximate surface area is 130 Å². The number of nitrogens with one attached hydrogen (secondary N) is 1. The Bertz CT molecular complexity index is 697. The Hall–Kier alpha value is -1.99. The Morgan fingerprint density at radius 2 is 2.14 bits per heavy atom. The standard InChI is InChI=1S/C16H19ClN4/c1-5-21-12(4)16(11(3)20-21)10(2)19-14-6-7-15(17)13(8-14)9-18/h6-8,10,19H,5H2,1-4H3. The maximum absolute atomic E-state index is 9.04.